The van der Waals surface area contributed by atoms with Gasteiger partial charge in [0.15, 0.2) is 0 Å². The largest absolute Gasteiger partial charge is 0.354 e. The number of anilines is 1. The van der Waals surface area contributed by atoms with Crippen LogP contribution in [0.1, 0.15) is 44.2 Å². The van der Waals surface area contributed by atoms with Crippen LogP contribution in [0.25, 0.3) is 0 Å². The molecule has 7 nitrogen and oxygen atoms in total. The molecule has 0 spiro atoms. The lowest BCUT2D eigenvalue weighted by molar-refractivity contribution is -0.140. The predicted molar refractivity (Wildman–Crippen MR) is 171 cm³/mol. The van der Waals surface area contributed by atoms with Gasteiger partial charge in [0.05, 0.1) is 20.6 Å². The average molecular weight is 673 g/mol. The second-order valence-electron chi connectivity index (χ2n) is 9.71. The molecule has 0 fully saturated rings. The Labute approximate surface area is 267 Å². The maximum absolute atomic E-state index is 14.2. The van der Waals surface area contributed by atoms with Gasteiger partial charge in [-0.2, -0.15) is 0 Å². The van der Waals surface area contributed by atoms with Crippen molar-refractivity contribution in [2.75, 3.05) is 17.4 Å². The molecule has 0 radical (unpaired) electrons. The van der Waals surface area contributed by atoms with Crippen molar-refractivity contribution in [1.29, 1.82) is 0 Å². The zero-order valence-electron chi connectivity index (χ0n) is 23.5. The molecule has 3 aromatic carbocycles. The Morgan fingerprint density at radius 1 is 0.881 bits per heavy atom. The van der Waals surface area contributed by atoms with Crippen molar-refractivity contribution in [1.82, 2.24) is 10.2 Å². The van der Waals surface area contributed by atoms with Crippen LogP contribution < -0.4 is 9.62 Å². The van der Waals surface area contributed by atoms with Crippen LogP contribution in [0.4, 0.5) is 5.69 Å². The highest BCUT2D eigenvalue weighted by molar-refractivity contribution is 7.92. The van der Waals surface area contributed by atoms with Gasteiger partial charge in [0.1, 0.15) is 12.6 Å². The molecule has 0 aliphatic heterocycles. The topological polar surface area (TPSA) is 86.8 Å². The van der Waals surface area contributed by atoms with E-state index in [1.807, 2.05) is 13.8 Å². The smallest absolute Gasteiger partial charge is 0.264 e. The van der Waals surface area contributed by atoms with Crippen molar-refractivity contribution in [2.45, 2.75) is 57.5 Å². The summed E-state index contributed by atoms with van der Waals surface area (Å²) in [5.41, 5.74) is 1.44. The fraction of sp³-hybridized carbons (Fsp3) is 0.333. The molecule has 42 heavy (non-hydrogen) atoms. The number of carbonyl (C=O) groups is 2. The molecule has 0 bridgehead atoms. The first kappa shape index (κ1) is 34.0. The summed E-state index contributed by atoms with van der Waals surface area (Å²) in [4.78, 5) is 28.8. The second kappa shape index (κ2) is 15.3. The molecule has 1 unspecified atom stereocenters. The molecule has 0 aliphatic rings. The maximum atomic E-state index is 14.2. The lowest BCUT2D eigenvalue weighted by Crippen LogP contribution is -2.52. The lowest BCUT2D eigenvalue weighted by Gasteiger charge is -2.33. The number of amides is 2. The predicted octanol–water partition coefficient (Wildman–Crippen LogP) is 7.53. The van der Waals surface area contributed by atoms with E-state index >= 15 is 0 Å². The van der Waals surface area contributed by atoms with Crippen molar-refractivity contribution < 1.29 is 18.0 Å². The Kier molecular flexibility index (Phi) is 12.4. The zero-order valence-corrected chi connectivity index (χ0v) is 27.4. The monoisotopic (exact) mass is 671 g/mol. The van der Waals surface area contributed by atoms with Crippen molar-refractivity contribution in [2.24, 2.45) is 0 Å². The Morgan fingerprint density at radius 2 is 1.52 bits per heavy atom. The van der Waals surface area contributed by atoms with E-state index in [9.17, 15) is 18.0 Å². The molecule has 226 valence electrons. The third-order valence-electron chi connectivity index (χ3n) is 6.68. The number of nitrogens with zero attached hydrogens (tertiary/aromatic N) is 2. The Bertz CT molecular complexity index is 1500. The molecular formula is C30H33Cl4N3O4S. The van der Waals surface area contributed by atoms with Gasteiger partial charge < -0.3 is 10.2 Å². The lowest BCUT2D eigenvalue weighted by atomic mass is 10.1. The fourth-order valence-corrected chi connectivity index (χ4v) is 6.50. The van der Waals surface area contributed by atoms with Crippen molar-refractivity contribution in [3.05, 3.63) is 91.9 Å². The molecule has 1 atom stereocenters. The van der Waals surface area contributed by atoms with Crippen molar-refractivity contribution in [3.63, 3.8) is 0 Å². The summed E-state index contributed by atoms with van der Waals surface area (Å²) in [5, 5.41) is 3.86. The van der Waals surface area contributed by atoms with Crippen LogP contribution in [-0.4, -0.2) is 44.3 Å². The minimum atomic E-state index is -4.26. The van der Waals surface area contributed by atoms with Gasteiger partial charge in [-0.3, -0.25) is 13.9 Å². The Morgan fingerprint density at radius 3 is 2.10 bits per heavy atom. The minimum absolute atomic E-state index is 0.0166. The number of carbonyl (C=O) groups excluding carboxylic acids is 2. The molecule has 0 aliphatic carbocycles. The summed E-state index contributed by atoms with van der Waals surface area (Å²) in [6.07, 6.45) is 1.92. The summed E-state index contributed by atoms with van der Waals surface area (Å²) >= 11 is 25.3. The number of aryl methyl sites for hydroxylation is 1. The normalized spacial score (nSPS) is 12.1. The molecule has 0 saturated heterocycles. The van der Waals surface area contributed by atoms with Crippen LogP contribution in [-0.2, 0) is 26.2 Å². The van der Waals surface area contributed by atoms with Crippen LogP contribution >= 0.6 is 46.4 Å². The standard InChI is InChI=1S/C30H33Cl4N3O4S/c1-4-6-16-35-30(39)28(5-2)36(18-23-24(31)8-7-9-25(23)32)29(38)19-37(21-12-15-26(33)27(34)17-21)42(40,41)22-13-10-20(3)11-14-22/h7-15,17,28H,4-6,16,18-19H2,1-3H3,(H,35,39). The van der Waals surface area contributed by atoms with E-state index in [0.29, 0.717) is 22.2 Å². The average Bonchev–Trinajstić information content (AvgIpc) is 2.95. The summed E-state index contributed by atoms with van der Waals surface area (Å²) in [6.45, 7) is 5.32. The summed E-state index contributed by atoms with van der Waals surface area (Å²) in [7, 11) is -4.26. The van der Waals surface area contributed by atoms with E-state index in [0.717, 1.165) is 22.7 Å². The van der Waals surface area contributed by atoms with Gasteiger partial charge in [-0.15, -0.1) is 0 Å². The van der Waals surface area contributed by atoms with Crippen LogP contribution in [0.5, 0.6) is 0 Å². The molecule has 12 heteroatoms. The summed E-state index contributed by atoms with van der Waals surface area (Å²) < 4.78 is 28.9. The van der Waals surface area contributed by atoms with Crippen LogP contribution in [0.3, 0.4) is 0 Å². The van der Waals surface area contributed by atoms with E-state index in [1.54, 1.807) is 37.3 Å². The Hall–Kier alpha value is -2.49. The summed E-state index contributed by atoms with van der Waals surface area (Å²) in [5.74, 6) is -0.991. The third kappa shape index (κ3) is 8.32. The van der Waals surface area contributed by atoms with E-state index < -0.39 is 28.5 Å². The first-order valence-corrected chi connectivity index (χ1v) is 16.4. The van der Waals surface area contributed by atoms with Crippen molar-refractivity contribution >= 4 is 73.9 Å². The molecule has 0 saturated carbocycles. The number of sulfonamides is 1. The van der Waals surface area contributed by atoms with E-state index in [2.05, 4.69) is 5.32 Å². The number of unbranched alkanes of at least 4 members (excludes halogenated alkanes) is 1. The molecule has 3 rings (SSSR count). The third-order valence-corrected chi connectivity index (χ3v) is 9.92. The molecule has 2 amide bonds. The van der Waals surface area contributed by atoms with Gasteiger partial charge in [0, 0.05) is 28.7 Å². The molecule has 0 heterocycles. The van der Waals surface area contributed by atoms with E-state index in [-0.39, 0.29) is 39.5 Å². The van der Waals surface area contributed by atoms with Gasteiger partial charge in [0.25, 0.3) is 10.0 Å². The molecule has 1 N–H and O–H groups in total. The maximum Gasteiger partial charge on any atom is 0.264 e. The van der Waals surface area contributed by atoms with Crippen LogP contribution in [0.15, 0.2) is 65.6 Å². The minimum Gasteiger partial charge on any atom is -0.354 e. The zero-order chi connectivity index (χ0) is 31.0. The first-order valence-electron chi connectivity index (χ1n) is 13.4. The number of hydrogen-bond donors (Lipinski definition) is 1. The highest BCUT2D eigenvalue weighted by atomic mass is 35.5. The van der Waals surface area contributed by atoms with E-state index in [4.69, 9.17) is 46.4 Å². The second-order valence-corrected chi connectivity index (χ2v) is 13.2. The highest BCUT2D eigenvalue weighted by Gasteiger charge is 2.34. The SMILES string of the molecule is CCCCNC(=O)C(CC)N(Cc1c(Cl)cccc1Cl)C(=O)CN(c1ccc(Cl)c(Cl)c1)S(=O)(=O)c1ccc(C)cc1. The Balaban J connectivity index is 2.10. The molecule has 0 aromatic heterocycles. The van der Waals surface area contributed by atoms with Gasteiger partial charge in [-0.1, -0.05) is 90.4 Å². The van der Waals surface area contributed by atoms with Crippen LogP contribution in [0.2, 0.25) is 20.1 Å². The fourth-order valence-electron chi connectivity index (χ4n) is 4.29. The van der Waals surface area contributed by atoms with Gasteiger partial charge in [-0.05, 0) is 62.2 Å². The first-order chi connectivity index (χ1) is 19.9. The van der Waals surface area contributed by atoms with Gasteiger partial charge >= 0.3 is 0 Å². The van der Waals surface area contributed by atoms with E-state index in [1.165, 1.54) is 35.2 Å². The highest BCUT2D eigenvalue weighted by Crippen LogP contribution is 2.32. The summed E-state index contributed by atoms with van der Waals surface area (Å²) in [6, 6.07) is 14.6. The number of rotatable bonds is 13. The number of halogens is 4. The number of nitrogens with one attached hydrogen (secondary N) is 1. The quantitative estimate of drug-likeness (QED) is 0.190. The van der Waals surface area contributed by atoms with Crippen molar-refractivity contribution in [3.8, 4) is 0 Å². The van der Waals surface area contributed by atoms with Gasteiger partial charge in [-0.25, -0.2) is 8.42 Å². The van der Waals surface area contributed by atoms with Crippen LogP contribution in [0, 0.1) is 6.92 Å². The molecular weight excluding hydrogens is 640 g/mol. The molecule has 3 aromatic rings. The number of hydrogen-bond acceptors (Lipinski definition) is 4. The number of benzene rings is 3. The van der Waals surface area contributed by atoms with Gasteiger partial charge in [0.2, 0.25) is 11.8 Å².